The summed E-state index contributed by atoms with van der Waals surface area (Å²) in [4.78, 5) is 4.42. The predicted octanol–water partition coefficient (Wildman–Crippen LogP) is 4.58. The van der Waals surface area contributed by atoms with Crippen molar-refractivity contribution < 1.29 is 9.52 Å². The summed E-state index contributed by atoms with van der Waals surface area (Å²) in [5, 5.41) is 10.4. The molecule has 0 spiro atoms. The number of rotatable bonds is 3. The maximum absolute atomic E-state index is 9.98. The molecule has 3 nitrogen and oxygen atoms in total. The van der Waals surface area contributed by atoms with Gasteiger partial charge < -0.3 is 9.52 Å². The number of aromatic nitrogens is 1. The molecule has 0 aliphatic carbocycles. The largest absolute Gasteiger partial charge is 0.507 e. The standard InChI is InChI=1S/C16H12ClNO2/c1-2-6-11-13(19)9-12(17)14-15(11)20-16(18-14)10-7-4-3-5-8-10/h2-5,7-9,19H,1,6H2. The van der Waals surface area contributed by atoms with Crippen molar-refractivity contribution in [2.75, 3.05) is 0 Å². The van der Waals surface area contributed by atoms with E-state index in [1.807, 2.05) is 30.3 Å². The van der Waals surface area contributed by atoms with Gasteiger partial charge in [-0.1, -0.05) is 35.9 Å². The Labute approximate surface area is 121 Å². The number of hydrogen-bond donors (Lipinski definition) is 1. The minimum absolute atomic E-state index is 0.0955. The topological polar surface area (TPSA) is 46.3 Å². The fourth-order valence-corrected chi connectivity index (χ4v) is 2.36. The highest BCUT2D eigenvalue weighted by Gasteiger charge is 2.17. The Morgan fingerprint density at radius 1 is 1.30 bits per heavy atom. The van der Waals surface area contributed by atoms with Crippen LogP contribution >= 0.6 is 11.6 Å². The van der Waals surface area contributed by atoms with Crippen LogP contribution in [-0.4, -0.2) is 10.1 Å². The molecule has 0 radical (unpaired) electrons. The molecule has 1 N–H and O–H groups in total. The quantitative estimate of drug-likeness (QED) is 0.716. The molecule has 0 saturated heterocycles. The highest BCUT2D eigenvalue weighted by atomic mass is 35.5. The van der Waals surface area contributed by atoms with Gasteiger partial charge in [0.05, 0.1) is 5.02 Å². The van der Waals surface area contributed by atoms with E-state index in [0.29, 0.717) is 34.0 Å². The molecule has 20 heavy (non-hydrogen) atoms. The predicted molar refractivity (Wildman–Crippen MR) is 80.0 cm³/mol. The zero-order valence-electron chi connectivity index (χ0n) is 10.6. The van der Waals surface area contributed by atoms with Crippen LogP contribution in [0.15, 0.2) is 53.5 Å². The van der Waals surface area contributed by atoms with Gasteiger partial charge in [-0.15, -0.1) is 6.58 Å². The summed E-state index contributed by atoms with van der Waals surface area (Å²) in [6.45, 7) is 3.69. The minimum atomic E-state index is 0.0955. The number of benzene rings is 2. The summed E-state index contributed by atoms with van der Waals surface area (Å²) >= 11 is 6.13. The summed E-state index contributed by atoms with van der Waals surface area (Å²) in [6.07, 6.45) is 2.19. The Morgan fingerprint density at radius 2 is 2.05 bits per heavy atom. The van der Waals surface area contributed by atoms with Crippen molar-refractivity contribution in [3.05, 3.63) is 59.6 Å². The van der Waals surface area contributed by atoms with Crippen molar-refractivity contribution in [2.45, 2.75) is 6.42 Å². The number of allylic oxidation sites excluding steroid dienone is 1. The highest BCUT2D eigenvalue weighted by Crippen LogP contribution is 2.36. The average Bonchev–Trinajstić information content (AvgIpc) is 2.90. The highest BCUT2D eigenvalue weighted by molar-refractivity contribution is 6.35. The average molecular weight is 286 g/mol. The Morgan fingerprint density at radius 3 is 2.75 bits per heavy atom. The number of nitrogens with zero attached hydrogens (tertiary/aromatic N) is 1. The van der Waals surface area contributed by atoms with Gasteiger partial charge in [0.15, 0.2) is 5.58 Å². The van der Waals surface area contributed by atoms with Crippen LogP contribution in [0, 0.1) is 0 Å². The van der Waals surface area contributed by atoms with Gasteiger partial charge in [0.25, 0.3) is 0 Å². The van der Waals surface area contributed by atoms with E-state index < -0.39 is 0 Å². The van der Waals surface area contributed by atoms with Crippen LogP contribution < -0.4 is 0 Å². The van der Waals surface area contributed by atoms with Crippen LogP contribution in [0.4, 0.5) is 0 Å². The Kier molecular flexibility index (Phi) is 3.20. The molecule has 0 saturated carbocycles. The summed E-state index contributed by atoms with van der Waals surface area (Å²) in [5.41, 5.74) is 2.58. The van der Waals surface area contributed by atoms with E-state index in [-0.39, 0.29) is 5.75 Å². The van der Waals surface area contributed by atoms with Gasteiger partial charge in [-0.2, -0.15) is 0 Å². The number of hydrogen-bond acceptors (Lipinski definition) is 3. The van der Waals surface area contributed by atoms with E-state index in [1.54, 1.807) is 6.08 Å². The number of oxazole rings is 1. The second-order valence-corrected chi connectivity index (χ2v) is 4.82. The van der Waals surface area contributed by atoms with E-state index in [1.165, 1.54) is 6.07 Å². The lowest BCUT2D eigenvalue weighted by molar-refractivity contribution is 0.468. The summed E-state index contributed by atoms with van der Waals surface area (Å²) in [5.74, 6) is 0.580. The molecule has 0 fully saturated rings. The first-order valence-corrected chi connectivity index (χ1v) is 6.55. The second-order valence-electron chi connectivity index (χ2n) is 4.41. The first-order chi connectivity index (χ1) is 9.70. The lowest BCUT2D eigenvalue weighted by Gasteiger charge is -2.02. The molecular formula is C16H12ClNO2. The smallest absolute Gasteiger partial charge is 0.227 e. The van der Waals surface area contributed by atoms with E-state index in [4.69, 9.17) is 16.0 Å². The summed E-state index contributed by atoms with van der Waals surface area (Å²) < 4.78 is 5.80. The van der Waals surface area contributed by atoms with Crippen molar-refractivity contribution >= 4 is 22.7 Å². The minimum Gasteiger partial charge on any atom is -0.507 e. The van der Waals surface area contributed by atoms with Crippen molar-refractivity contribution in [1.82, 2.24) is 4.98 Å². The molecule has 3 aromatic rings. The van der Waals surface area contributed by atoms with Gasteiger partial charge >= 0.3 is 0 Å². The molecule has 0 aliphatic rings. The molecule has 3 rings (SSSR count). The SMILES string of the molecule is C=CCc1c(O)cc(Cl)c2nc(-c3ccccc3)oc12. The van der Waals surface area contributed by atoms with Crippen molar-refractivity contribution in [1.29, 1.82) is 0 Å². The second kappa shape index (κ2) is 5.02. The van der Waals surface area contributed by atoms with Crippen molar-refractivity contribution in [2.24, 2.45) is 0 Å². The zero-order valence-corrected chi connectivity index (χ0v) is 11.4. The molecule has 1 heterocycles. The Bertz CT molecular complexity index is 778. The third-order valence-corrected chi connectivity index (χ3v) is 3.36. The number of halogens is 1. The van der Waals surface area contributed by atoms with E-state index >= 15 is 0 Å². The molecule has 4 heteroatoms. The van der Waals surface area contributed by atoms with Crippen LogP contribution in [0.2, 0.25) is 5.02 Å². The van der Waals surface area contributed by atoms with Gasteiger partial charge in [-0.25, -0.2) is 4.98 Å². The molecule has 0 atom stereocenters. The summed E-state index contributed by atoms with van der Waals surface area (Å²) in [6, 6.07) is 11.0. The number of phenolic OH excluding ortho intramolecular Hbond substituents is 1. The van der Waals surface area contributed by atoms with Gasteiger partial charge in [0, 0.05) is 17.2 Å². The van der Waals surface area contributed by atoms with Crippen LogP contribution in [0.25, 0.3) is 22.6 Å². The molecule has 0 aliphatic heterocycles. The Balaban J connectivity index is 2.27. The first-order valence-electron chi connectivity index (χ1n) is 6.18. The lowest BCUT2D eigenvalue weighted by atomic mass is 10.1. The van der Waals surface area contributed by atoms with Crippen molar-refractivity contribution in [3.63, 3.8) is 0 Å². The van der Waals surface area contributed by atoms with Crippen LogP contribution in [0.3, 0.4) is 0 Å². The fraction of sp³-hybridized carbons (Fsp3) is 0.0625. The molecule has 1 aromatic heterocycles. The number of aromatic hydroxyl groups is 1. The van der Waals surface area contributed by atoms with Crippen molar-refractivity contribution in [3.8, 4) is 17.2 Å². The zero-order chi connectivity index (χ0) is 14.1. The normalized spacial score (nSPS) is 10.8. The molecule has 2 aromatic carbocycles. The molecule has 0 unspecified atom stereocenters. The van der Waals surface area contributed by atoms with Gasteiger partial charge in [-0.05, 0) is 18.6 Å². The van der Waals surface area contributed by atoms with Gasteiger partial charge in [0.1, 0.15) is 11.3 Å². The number of fused-ring (bicyclic) bond motifs is 1. The molecular weight excluding hydrogens is 274 g/mol. The number of phenols is 1. The lowest BCUT2D eigenvalue weighted by Crippen LogP contribution is -1.84. The maximum Gasteiger partial charge on any atom is 0.227 e. The van der Waals surface area contributed by atoms with Gasteiger partial charge in [-0.3, -0.25) is 0 Å². The van der Waals surface area contributed by atoms with Crippen LogP contribution in [0.5, 0.6) is 5.75 Å². The monoisotopic (exact) mass is 285 g/mol. The van der Waals surface area contributed by atoms with Crippen LogP contribution in [0.1, 0.15) is 5.56 Å². The van der Waals surface area contributed by atoms with E-state index in [9.17, 15) is 5.11 Å². The molecule has 0 bridgehead atoms. The van der Waals surface area contributed by atoms with Crippen LogP contribution in [-0.2, 0) is 6.42 Å². The summed E-state index contributed by atoms with van der Waals surface area (Å²) in [7, 11) is 0. The third-order valence-electron chi connectivity index (χ3n) is 3.07. The molecule has 0 amide bonds. The third kappa shape index (κ3) is 2.06. The van der Waals surface area contributed by atoms with Gasteiger partial charge in [0.2, 0.25) is 5.89 Å². The van der Waals surface area contributed by atoms with E-state index in [0.717, 1.165) is 5.56 Å². The van der Waals surface area contributed by atoms with E-state index in [2.05, 4.69) is 11.6 Å². The first kappa shape index (κ1) is 12.8. The maximum atomic E-state index is 9.98. The Hall–Kier alpha value is -2.26. The molecule has 100 valence electrons. The fourth-order valence-electron chi connectivity index (χ4n) is 2.12.